The molecule has 0 spiro atoms. The Morgan fingerprint density at radius 1 is 1.05 bits per heavy atom. The number of benzene rings is 2. The molecule has 0 heterocycles. The van der Waals surface area contributed by atoms with Crippen molar-refractivity contribution in [2.24, 2.45) is 0 Å². The minimum atomic E-state index is -4.54. The van der Waals surface area contributed by atoms with Crippen molar-refractivity contribution in [1.29, 1.82) is 0 Å². The molecule has 1 unspecified atom stereocenters. The van der Waals surface area contributed by atoms with Crippen LogP contribution in [0.25, 0.3) is 0 Å². The molecule has 2 aromatic rings. The lowest BCUT2D eigenvalue weighted by molar-refractivity contribution is -0.137. The summed E-state index contributed by atoms with van der Waals surface area (Å²) in [5.41, 5.74) is -0.467. The summed E-state index contributed by atoms with van der Waals surface area (Å²) in [6.45, 7) is 0. The molecule has 0 N–H and O–H groups in total. The van der Waals surface area contributed by atoms with E-state index in [0.717, 1.165) is 12.1 Å². The van der Waals surface area contributed by atoms with Crippen LogP contribution < -0.4 is 0 Å². The van der Waals surface area contributed by atoms with Crippen molar-refractivity contribution in [1.82, 2.24) is 0 Å². The van der Waals surface area contributed by atoms with Gasteiger partial charge in [0.1, 0.15) is 5.82 Å². The van der Waals surface area contributed by atoms with E-state index in [1.54, 1.807) is 24.3 Å². The molecule has 1 atom stereocenters. The van der Waals surface area contributed by atoms with E-state index < -0.39 is 22.9 Å². The third kappa shape index (κ3) is 3.89. The first-order valence-electron chi connectivity index (χ1n) is 6.03. The SMILES string of the molecule is Fc1ccc(C(F)(F)F)cc1C(Cl)Cc1ccccc1Cl. The number of hydrogen-bond acceptors (Lipinski definition) is 0. The van der Waals surface area contributed by atoms with E-state index in [-0.39, 0.29) is 12.0 Å². The lowest BCUT2D eigenvalue weighted by Gasteiger charge is -2.14. The smallest absolute Gasteiger partial charge is 0.207 e. The molecule has 0 fully saturated rings. The molecule has 6 heteroatoms. The summed E-state index contributed by atoms with van der Waals surface area (Å²) >= 11 is 12.0. The van der Waals surface area contributed by atoms with Gasteiger partial charge in [-0.2, -0.15) is 13.2 Å². The number of halogens is 6. The minimum absolute atomic E-state index is 0.138. The van der Waals surface area contributed by atoms with E-state index in [2.05, 4.69) is 0 Å². The second-order valence-electron chi connectivity index (χ2n) is 4.50. The lowest BCUT2D eigenvalue weighted by atomic mass is 10.0. The van der Waals surface area contributed by atoms with Crippen LogP contribution in [0.2, 0.25) is 5.02 Å². The molecule has 0 aliphatic rings. The molecule has 2 rings (SSSR count). The number of rotatable bonds is 3. The summed E-state index contributed by atoms with van der Waals surface area (Å²) in [5.74, 6) is -0.768. The summed E-state index contributed by atoms with van der Waals surface area (Å²) in [6.07, 6.45) is -4.40. The van der Waals surface area contributed by atoms with Gasteiger partial charge in [0.05, 0.1) is 10.9 Å². The monoisotopic (exact) mass is 336 g/mol. The topological polar surface area (TPSA) is 0 Å². The van der Waals surface area contributed by atoms with E-state index in [9.17, 15) is 17.6 Å². The zero-order chi connectivity index (χ0) is 15.6. The molecule has 2 aromatic carbocycles. The molecule has 0 amide bonds. The maximum absolute atomic E-state index is 13.7. The van der Waals surface area contributed by atoms with Gasteiger partial charge in [0.2, 0.25) is 0 Å². The van der Waals surface area contributed by atoms with Crippen LogP contribution >= 0.6 is 23.2 Å². The predicted molar refractivity (Wildman–Crippen MR) is 75.2 cm³/mol. The molecule has 0 aliphatic heterocycles. The van der Waals surface area contributed by atoms with Crippen LogP contribution in [-0.4, -0.2) is 0 Å². The van der Waals surface area contributed by atoms with Gasteiger partial charge in [-0.3, -0.25) is 0 Å². The number of hydrogen-bond donors (Lipinski definition) is 0. The molecule has 0 saturated carbocycles. The van der Waals surface area contributed by atoms with Gasteiger partial charge in [-0.1, -0.05) is 29.8 Å². The van der Waals surface area contributed by atoms with E-state index in [4.69, 9.17) is 23.2 Å². The van der Waals surface area contributed by atoms with Crippen LogP contribution in [-0.2, 0) is 12.6 Å². The highest BCUT2D eigenvalue weighted by Crippen LogP contribution is 2.35. The van der Waals surface area contributed by atoms with Gasteiger partial charge in [0.25, 0.3) is 0 Å². The molecule has 0 bridgehead atoms. The van der Waals surface area contributed by atoms with Gasteiger partial charge in [0, 0.05) is 10.6 Å². The average Bonchev–Trinajstić information content (AvgIpc) is 2.40. The van der Waals surface area contributed by atoms with E-state index >= 15 is 0 Å². The fraction of sp³-hybridized carbons (Fsp3) is 0.200. The minimum Gasteiger partial charge on any atom is -0.207 e. The van der Waals surface area contributed by atoms with Gasteiger partial charge in [-0.05, 0) is 36.2 Å². The Balaban J connectivity index is 2.31. The largest absolute Gasteiger partial charge is 0.416 e. The Morgan fingerprint density at radius 2 is 1.71 bits per heavy atom. The molecule has 0 nitrogen and oxygen atoms in total. The van der Waals surface area contributed by atoms with Gasteiger partial charge in [-0.25, -0.2) is 4.39 Å². The van der Waals surface area contributed by atoms with Gasteiger partial charge in [-0.15, -0.1) is 11.6 Å². The summed E-state index contributed by atoms with van der Waals surface area (Å²) in [4.78, 5) is 0. The zero-order valence-corrected chi connectivity index (χ0v) is 12.1. The van der Waals surface area contributed by atoms with Crippen molar-refractivity contribution >= 4 is 23.2 Å². The molecule has 21 heavy (non-hydrogen) atoms. The van der Waals surface area contributed by atoms with Gasteiger partial charge in [0.15, 0.2) is 0 Å². The normalized spacial score (nSPS) is 13.2. The summed E-state index contributed by atoms with van der Waals surface area (Å²) in [7, 11) is 0. The maximum Gasteiger partial charge on any atom is 0.416 e. The number of alkyl halides is 4. The Bertz CT molecular complexity index is 638. The first-order chi connectivity index (χ1) is 9.79. The first-order valence-corrected chi connectivity index (χ1v) is 6.84. The molecule has 0 aromatic heterocycles. The second kappa shape index (κ2) is 6.24. The van der Waals surface area contributed by atoms with Gasteiger partial charge < -0.3 is 0 Å². The van der Waals surface area contributed by atoms with Gasteiger partial charge >= 0.3 is 6.18 Å². The van der Waals surface area contributed by atoms with Crippen LogP contribution in [0.4, 0.5) is 17.6 Å². The standard InChI is InChI=1S/C15H10Cl2F4/c16-12-4-2-1-3-9(12)7-13(17)11-8-10(15(19,20)21)5-6-14(11)18/h1-6,8,13H,7H2. The van der Waals surface area contributed by atoms with Crippen molar-refractivity contribution in [3.8, 4) is 0 Å². The Labute approximate surface area is 129 Å². The van der Waals surface area contributed by atoms with E-state index in [1.807, 2.05) is 0 Å². The zero-order valence-electron chi connectivity index (χ0n) is 10.6. The third-order valence-corrected chi connectivity index (χ3v) is 3.78. The van der Waals surface area contributed by atoms with Crippen molar-refractivity contribution in [3.63, 3.8) is 0 Å². The Kier molecular flexibility index (Phi) is 4.79. The second-order valence-corrected chi connectivity index (χ2v) is 5.43. The molecular weight excluding hydrogens is 327 g/mol. The van der Waals surface area contributed by atoms with Crippen molar-refractivity contribution in [3.05, 3.63) is 70.0 Å². The van der Waals surface area contributed by atoms with E-state index in [1.165, 1.54) is 0 Å². The fourth-order valence-corrected chi connectivity index (χ4v) is 2.47. The highest BCUT2D eigenvalue weighted by atomic mass is 35.5. The summed E-state index contributed by atoms with van der Waals surface area (Å²) < 4.78 is 51.7. The quantitative estimate of drug-likeness (QED) is 0.474. The highest BCUT2D eigenvalue weighted by Gasteiger charge is 2.31. The van der Waals surface area contributed by atoms with Crippen LogP contribution in [0.15, 0.2) is 42.5 Å². The molecule has 0 saturated heterocycles. The van der Waals surface area contributed by atoms with Crippen LogP contribution in [0.3, 0.4) is 0 Å². The van der Waals surface area contributed by atoms with Crippen molar-refractivity contribution < 1.29 is 17.6 Å². The summed E-state index contributed by atoms with van der Waals surface area (Å²) in [6, 6.07) is 9.00. The fourth-order valence-electron chi connectivity index (χ4n) is 1.93. The van der Waals surface area contributed by atoms with Crippen LogP contribution in [0, 0.1) is 5.82 Å². The average molecular weight is 337 g/mol. The summed E-state index contributed by atoms with van der Waals surface area (Å²) in [5, 5.41) is -0.497. The van der Waals surface area contributed by atoms with Crippen LogP contribution in [0.1, 0.15) is 22.1 Å². The van der Waals surface area contributed by atoms with Crippen molar-refractivity contribution in [2.45, 2.75) is 18.0 Å². The molecule has 112 valence electrons. The molecule has 0 radical (unpaired) electrons. The Morgan fingerprint density at radius 3 is 2.33 bits per heavy atom. The van der Waals surface area contributed by atoms with E-state index in [0.29, 0.717) is 16.7 Å². The predicted octanol–water partition coefficient (Wildman–Crippen LogP) is 6.02. The van der Waals surface area contributed by atoms with Crippen LogP contribution in [0.5, 0.6) is 0 Å². The first kappa shape index (κ1) is 16.1. The highest BCUT2D eigenvalue weighted by molar-refractivity contribution is 6.31. The molecule has 0 aliphatic carbocycles. The third-order valence-electron chi connectivity index (χ3n) is 3.02. The lowest BCUT2D eigenvalue weighted by Crippen LogP contribution is -2.08. The Hall–Kier alpha value is -1.26. The van der Waals surface area contributed by atoms with Crippen molar-refractivity contribution in [2.75, 3.05) is 0 Å². The maximum atomic E-state index is 13.7. The molecular formula is C15H10Cl2F4.